The molecule has 3 heterocycles. The van der Waals surface area contributed by atoms with E-state index in [-0.39, 0.29) is 11.9 Å². The van der Waals surface area contributed by atoms with Crippen LogP contribution in [0.5, 0.6) is 0 Å². The number of aromatic nitrogens is 3. The van der Waals surface area contributed by atoms with Crippen molar-refractivity contribution in [1.29, 1.82) is 0 Å². The summed E-state index contributed by atoms with van der Waals surface area (Å²) in [7, 11) is 1.87. The molecule has 0 aromatic carbocycles. The van der Waals surface area contributed by atoms with E-state index in [0.717, 1.165) is 49.2 Å². The van der Waals surface area contributed by atoms with Gasteiger partial charge in [0.05, 0.1) is 17.5 Å². The van der Waals surface area contributed by atoms with Crippen LogP contribution in [-0.2, 0) is 19.4 Å². The van der Waals surface area contributed by atoms with E-state index in [4.69, 9.17) is 0 Å². The molecule has 0 spiro atoms. The molecule has 2 aromatic heterocycles. The third-order valence-corrected chi connectivity index (χ3v) is 4.67. The summed E-state index contributed by atoms with van der Waals surface area (Å²) >= 11 is 0. The van der Waals surface area contributed by atoms with Gasteiger partial charge in [-0.2, -0.15) is 5.10 Å². The highest BCUT2D eigenvalue weighted by Crippen LogP contribution is 2.20. The van der Waals surface area contributed by atoms with Crippen LogP contribution < -0.4 is 0 Å². The Morgan fingerprint density at radius 3 is 3.04 bits per heavy atom. The molecule has 2 aromatic rings. The highest BCUT2D eigenvalue weighted by molar-refractivity contribution is 5.95. The number of amides is 1. The lowest BCUT2D eigenvalue weighted by Crippen LogP contribution is -2.37. The second kappa shape index (κ2) is 6.52. The minimum Gasteiger partial charge on any atom is -0.339 e. The van der Waals surface area contributed by atoms with E-state index in [0.29, 0.717) is 0 Å². The van der Waals surface area contributed by atoms with Gasteiger partial charge in [0, 0.05) is 37.9 Å². The van der Waals surface area contributed by atoms with Crippen molar-refractivity contribution in [2.45, 2.75) is 52.1 Å². The lowest BCUT2D eigenvalue weighted by molar-refractivity contribution is 0.0741. The zero-order chi connectivity index (χ0) is 16.4. The second-order valence-corrected chi connectivity index (χ2v) is 6.48. The van der Waals surface area contributed by atoms with E-state index < -0.39 is 0 Å². The van der Waals surface area contributed by atoms with E-state index in [1.807, 2.05) is 28.9 Å². The summed E-state index contributed by atoms with van der Waals surface area (Å²) in [6, 6.07) is 4.16. The Labute approximate surface area is 137 Å². The minimum atomic E-state index is 0.0632. The molecule has 0 radical (unpaired) electrons. The SMILES string of the molecule is Cc1ccnc(C[C@@H](C)N(C)C(=O)c2cnn3c2CCCC3)c1. The van der Waals surface area contributed by atoms with Gasteiger partial charge in [-0.15, -0.1) is 0 Å². The number of fused-ring (bicyclic) bond motifs is 1. The highest BCUT2D eigenvalue weighted by atomic mass is 16.2. The molecule has 0 aliphatic carbocycles. The highest BCUT2D eigenvalue weighted by Gasteiger charge is 2.24. The van der Waals surface area contributed by atoms with Crippen molar-refractivity contribution in [2.75, 3.05) is 7.05 Å². The summed E-state index contributed by atoms with van der Waals surface area (Å²) in [5.41, 5.74) is 4.07. The first-order valence-corrected chi connectivity index (χ1v) is 8.29. The van der Waals surface area contributed by atoms with Crippen molar-refractivity contribution in [3.63, 3.8) is 0 Å². The molecule has 5 nitrogen and oxygen atoms in total. The van der Waals surface area contributed by atoms with Crippen molar-refractivity contribution in [3.05, 3.63) is 47.0 Å². The molecule has 0 N–H and O–H groups in total. The standard InChI is InChI=1S/C18H24N4O/c1-13-7-8-19-15(10-13)11-14(2)21(3)18(23)16-12-20-22-9-5-4-6-17(16)22/h7-8,10,12,14H,4-6,9,11H2,1-3H3/t14-/m1/s1. The third-order valence-electron chi connectivity index (χ3n) is 4.67. The van der Waals surface area contributed by atoms with Crippen LogP contribution in [0, 0.1) is 6.92 Å². The van der Waals surface area contributed by atoms with Gasteiger partial charge in [-0.3, -0.25) is 14.5 Å². The maximum absolute atomic E-state index is 12.8. The summed E-state index contributed by atoms with van der Waals surface area (Å²) in [5.74, 6) is 0.0632. The lowest BCUT2D eigenvalue weighted by Gasteiger charge is -2.25. The number of nitrogens with zero attached hydrogens (tertiary/aromatic N) is 4. The molecule has 1 aliphatic heterocycles. The summed E-state index contributed by atoms with van der Waals surface area (Å²) in [5, 5.41) is 4.37. The van der Waals surface area contributed by atoms with E-state index in [1.165, 1.54) is 5.56 Å². The summed E-state index contributed by atoms with van der Waals surface area (Å²) in [6.45, 7) is 5.05. The molecule has 1 atom stereocenters. The third kappa shape index (κ3) is 3.28. The average Bonchev–Trinajstić information content (AvgIpc) is 2.97. The van der Waals surface area contributed by atoms with Gasteiger partial charge in [0.15, 0.2) is 0 Å². The molecule has 1 amide bonds. The molecular weight excluding hydrogens is 288 g/mol. The van der Waals surface area contributed by atoms with Crippen LogP contribution in [0.1, 0.15) is 47.1 Å². The first-order chi connectivity index (χ1) is 11.1. The van der Waals surface area contributed by atoms with E-state index in [9.17, 15) is 4.79 Å². The van der Waals surface area contributed by atoms with Crippen LogP contribution in [0.25, 0.3) is 0 Å². The molecule has 0 unspecified atom stereocenters. The molecule has 0 saturated carbocycles. The molecule has 0 bridgehead atoms. The molecule has 122 valence electrons. The largest absolute Gasteiger partial charge is 0.339 e. The Hall–Kier alpha value is -2.17. The van der Waals surface area contributed by atoms with Crippen LogP contribution in [0.2, 0.25) is 0 Å². The summed E-state index contributed by atoms with van der Waals surface area (Å²) in [6.07, 6.45) is 7.55. The van der Waals surface area contributed by atoms with Gasteiger partial charge in [-0.05, 0) is 50.8 Å². The topological polar surface area (TPSA) is 51.0 Å². The van der Waals surface area contributed by atoms with E-state index in [1.54, 1.807) is 6.20 Å². The van der Waals surface area contributed by atoms with Gasteiger partial charge >= 0.3 is 0 Å². The first kappa shape index (κ1) is 15.7. The van der Waals surface area contributed by atoms with Crippen LogP contribution in [0.15, 0.2) is 24.5 Å². The molecule has 5 heteroatoms. The van der Waals surface area contributed by atoms with Crippen LogP contribution in [-0.4, -0.2) is 38.7 Å². The van der Waals surface area contributed by atoms with Gasteiger partial charge in [-0.1, -0.05) is 0 Å². The van der Waals surface area contributed by atoms with Crippen molar-refractivity contribution in [3.8, 4) is 0 Å². The van der Waals surface area contributed by atoms with E-state index in [2.05, 4.69) is 30.0 Å². The van der Waals surface area contributed by atoms with Crippen LogP contribution >= 0.6 is 0 Å². The predicted octanol–water partition coefficient (Wildman–Crippen LogP) is 2.63. The smallest absolute Gasteiger partial charge is 0.257 e. The van der Waals surface area contributed by atoms with Crippen molar-refractivity contribution in [1.82, 2.24) is 19.7 Å². The zero-order valence-electron chi connectivity index (χ0n) is 14.1. The maximum atomic E-state index is 12.8. The first-order valence-electron chi connectivity index (χ1n) is 8.29. The van der Waals surface area contributed by atoms with Gasteiger partial charge < -0.3 is 4.90 Å². The second-order valence-electron chi connectivity index (χ2n) is 6.48. The van der Waals surface area contributed by atoms with Crippen molar-refractivity contribution >= 4 is 5.91 Å². The Morgan fingerprint density at radius 2 is 2.26 bits per heavy atom. The number of pyridine rings is 1. The Bertz CT molecular complexity index is 707. The fourth-order valence-electron chi connectivity index (χ4n) is 3.14. The molecule has 23 heavy (non-hydrogen) atoms. The number of hydrogen-bond donors (Lipinski definition) is 0. The normalized spacial score (nSPS) is 15.1. The monoisotopic (exact) mass is 312 g/mol. The molecule has 1 aliphatic rings. The van der Waals surface area contributed by atoms with Crippen LogP contribution in [0.3, 0.4) is 0 Å². The molecule has 0 fully saturated rings. The number of carbonyl (C=O) groups excluding carboxylic acids is 1. The average molecular weight is 312 g/mol. The quantitative estimate of drug-likeness (QED) is 0.872. The summed E-state index contributed by atoms with van der Waals surface area (Å²) in [4.78, 5) is 19.0. The molecular formula is C18H24N4O. The summed E-state index contributed by atoms with van der Waals surface area (Å²) < 4.78 is 1.98. The lowest BCUT2D eigenvalue weighted by atomic mass is 10.0. The minimum absolute atomic E-state index is 0.0632. The van der Waals surface area contributed by atoms with Crippen molar-refractivity contribution in [2.24, 2.45) is 0 Å². The van der Waals surface area contributed by atoms with Gasteiger partial charge in [0.1, 0.15) is 0 Å². The fraction of sp³-hybridized carbons (Fsp3) is 0.500. The number of likely N-dealkylation sites (N-methyl/N-ethyl adjacent to an activating group) is 1. The number of aryl methyl sites for hydroxylation is 2. The van der Waals surface area contributed by atoms with Gasteiger partial charge in [-0.25, -0.2) is 0 Å². The van der Waals surface area contributed by atoms with Gasteiger partial charge in [0.25, 0.3) is 5.91 Å². The Kier molecular flexibility index (Phi) is 4.46. The Morgan fingerprint density at radius 1 is 1.43 bits per heavy atom. The maximum Gasteiger partial charge on any atom is 0.257 e. The zero-order valence-corrected chi connectivity index (χ0v) is 14.1. The fourth-order valence-corrected chi connectivity index (χ4v) is 3.14. The molecule has 0 saturated heterocycles. The van der Waals surface area contributed by atoms with Crippen molar-refractivity contribution < 1.29 is 4.79 Å². The molecule has 3 rings (SSSR count). The van der Waals surface area contributed by atoms with Crippen LogP contribution in [0.4, 0.5) is 0 Å². The number of rotatable bonds is 4. The number of hydrogen-bond acceptors (Lipinski definition) is 3. The predicted molar refractivity (Wildman–Crippen MR) is 89.4 cm³/mol. The Balaban J connectivity index is 1.73. The van der Waals surface area contributed by atoms with E-state index >= 15 is 0 Å². The number of carbonyl (C=O) groups is 1. The van der Waals surface area contributed by atoms with Gasteiger partial charge in [0.2, 0.25) is 0 Å².